The number of carbonyl (C=O) groups excluding carboxylic acids is 1. The van der Waals surface area contributed by atoms with Crippen molar-refractivity contribution in [3.05, 3.63) is 24.0 Å². The van der Waals surface area contributed by atoms with Crippen LogP contribution in [0.2, 0.25) is 0 Å². The molecule has 0 bridgehead atoms. The zero-order valence-electron chi connectivity index (χ0n) is 16.5. The van der Waals surface area contributed by atoms with Gasteiger partial charge in [0.25, 0.3) is 6.01 Å². The molecular formula is C22H28FN3O2. The Morgan fingerprint density at radius 3 is 2.82 bits per heavy atom. The van der Waals surface area contributed by atoms with Gasteiger partial charge in [0.1, 0.15) is 11.3 Å². The molecule has 1 saturated heterocycles. The van der Waals surface area contributed by atoms with Crippen LogP contribution in [0.1, 0.15) is 44.9 Å². The van der Waals surface area contributed by atoms with E-state index in [1.165, 1.54) is 37.8 Å². The molecule has 5 rings (SSSR count). The van der Waals surface area contributed by atoms with Gasteiger partial charge in [0.2, 0.25) is 5.91 Å². The molecule has 0 radical (unpaired) electrons. The molecule has 1 aliphatic heterocycles. The van der Waals surface area contributed by atoms with E-state index in [2.05, 4.69) is 9.88 Å². The third-order valence-electron chi connectivity index (χ3n) is 7.15. The van der Waals surface area contributed by atoms with Gasteiger partial charge in [0, 0.05) is 38.7 Å². The second-order valence-electron chi connectivity index (χ2n) is 9.20. The van der Waals surface area contributed by atoms with E-state index in [0.717, 1.165) is 38.9 Å². The monoisotopic (exact) mass is 385 g/mol. The molecule has 5 nitrogen and oxygen atoms in total. The Kier molecular flexibility index (Phi) is 4.33. The summed E-state index contributed by atoms with van der Waals surface area (Å²) in [6, 6.07) is 4.89. The highest BCUT2D eigenvalue weighted by atomic mass is 19.1. The van der Waals surface area contributed by atoms with Crippen molar-refractivity contribution in [2.45, 2.75) is 44.9 Å². The van der Waals surface area contributed by atoms with Crippen molar-refractivity contribution in [1.82, 2.24) is 9.88 Å². The molecule has 3 aliphatic rings. The fraction of sp³-hybridized carbons (Fsp3) is 0.636. The van der Waals surface area contributed by atoms with Gasteiger partial charge in [-0.1, -0.05) is 0 Å². The molecule has 1 aromatic heterocycles. The molecule has 1 unspecified atom stereocenters. The van der Waals surface area contributed by atoms with E-state index in [9.17, 15) is 9.18 Å². The van der Waals surface area contributed by atoms with Crippen LogP contribution < -0.4 is 4.90 Å². The van der Waals surface area contributed by atoms with Gasteiger partial charge in [-0.05, 0) is 68.4 Å². The second kappa shape index (κ2) is 6.75. The Morgan fingerprint density at radius 1 is 1.29 bits per heavy atom. The summed E-state index contributed by atoms with van der Waals surface area (Å²) in [5.41, 5.74) is 1.77. The Morgan fingerprint density at radius 2 is 2.07 bits per heavy atom. The van der Waals surface area contributed by atoms with Gasteiger partial charge >= 0.3 is 0 Å². The zero-order chi connectivity index (χ0) is 19.3. The first kappa shape index (κ1) is 18.0. The minimum Gasteiger partial charge on any atom is -0.423 e. The van der Waals surface area contributed by atoms with Crippen molar-refractivity contribution in [2.75, 3.05) is 31.6 Å². The smallest absolute Gasteiger partial charge is 0.298 e. The van der Waals surface area contributed by atoms with Crippen molar-refractivity contribution in [1.29, 1.82) is 0 Å². The summed E-state index contributed by atoms with van der Waals surface area (Å²) in [6.45, 7) is 2.46. The number of halogens is 1. The number of nitrogens with zero attached hydrogens (tertiary/aromatic N) is 3. The Balaban J connectivity index is 1.17. The number of aromatic nitrogens is 1. The highest BCUT2D eigenvalue weighted by Crippen LogP contribution is 2.57. The number of carbonyl (C=O) groups is 1. The summed E-state index contributed by atoms with van der Waals surface area (Å²) in [6.07, 6.45) is 8.45. The number of fused-ring (bicyclic) bond motifs is 1. The minimum absolute atomic E-state index is 0.245. The predicted octanol–water partition coefficient (Wildman–Crippen LogP) is 4.22. The third kappa shape index (κ3) is 3.38. The summed E-state index contributed by atoms with van der Waals surface area (Å²) in [5.74, 6) is 0.724. The summed E-state index contributed by atoms with van der Waals surface area (Å²) in [7, 11) is 1.95. The molecule has 1 amide bonds. The van der Waals surface area contributed by atoms with E-state index in [0.29, 0.717) is 34.4 Å². The van der Waals surface area contributed by atoms with Crippen LogP contribution in [-0.2, 0) is 4.79 Å². The number of likely N-dealkylation sites (tertiary alicyclic amines) is 1. The van der Waals surface area contributed by atoms with Crippen molar-refractivity contribution >= 4 is 23.0 Å². The highest BCUT2D eigenvalue weighted by molar-refractivity contribution is 5.79. The number of hydrogen-bond donors (Lipinski definition) is 0. The summed E-state index contributed by atoms with van der Waals surface area (Å²) < 4.78 is 19.1. The molecule has 2 aromatic rings. The Labute approximate surface area is 164 Å². The molecule has 2 aliphatic carbocycles. The van der Waals surface area contributed by atoms with Crippen LogP contribution in [0, 0.1) is 23.1 Å². The van der Waals surface area contributed by atoms with Gasteiger partial charge in [0.05, 0.1) is 0 Å². The lowest BCUT2D eigenvalue weighted by Crippen LogP contribution is -2.37. The van der Waals surface area contributed by atoms with Crippen LogP contribution in [0.5, 0.6) is 0 Å². The molecule has 0 N–H and O–H groups in total. The van der Waals surface area contributed by atoms with Crippen LogP contribution in [0.25, 0.3) is 11.1 Å². The van der Waals surface area contributed by atoms with E-state index in [4.69, 9.17) is 4.42 Å². The first-order chi connectivity index (χ1) is 13.5. The van der Waals surface area contributed by atoms with Crippen molar-refractivity contribution < 1.29 is 13.6 Å². The van der Waals surface area contributed by atoms with Gasteiger partial charge < -0.3 is 14.2 Å². The lowest BCUT2D eigenvalue weighted by atomic mass is 9.79. The van der Waals surface area contributed by atoms with Gasteiger partial charge in [-0.15, -0.1) is 0 Å². The zero-order valence-corrected chi connectivity index (χ0v) is 16.5. The maximum atomic E-state index is 13.4. The molecule has 6 heteroatoms. The van der Waals surface area contributed by atoms with Crippen molar-refractivity contribution in [3.8, 4) is 0 Å². The lowest BCUT2D eigenvalue weighted by Gasteiger charge is -2.30. The van der Waals surface area contributed by atoms with Crippen molar-refractivity contribution in [3.63, 3.8) is 0 Å². The Bertz CT molecular complexity index is 881. The first-order valence-electron chi connectivity index (χ1n) is 10.6. The Hall–Kier alpha value is -2.11. The van der Waals surface area contributed by atoms with Crippen molar-refractivity contribution in [2.24, 2.45) is 17.3 Å². The summed E-state index contributed by atoms with van der Waals surface area (Å²) in [5, 5.41) is 0. The van der Waals surface area contributed by atoms with Gasteiger partial charge in [-0.3, -0.25) is 4.79 Å². The van der Waals surface area contributed by atoms with Crippen LogP contribution in [0.3, 0.4) is 0 Å². The quantitative estimate of drug-likeness (QED) is 0.791. The normalized spacial score (nSPS) is 24.2. The largest absolute Gasteiger partial charge is 0.423 e. The first-order valence-corrected chi connectivity index (χ1v) is 10.6. The average molecular weight is 385 g/mol. The van der Waals surface area contributed by atoms with Gasteiger partial charge in [-0.2, -0.15) is 4.98 Å². The minimum atomic E-state index is -0.310. The second-order valence-corrected chi connectivity index (χ2v) is 9.20. The van der Waals surface area contributed by atoms with Crippen LogP contribution in [0.4, 0.5) is 10.4 Å². The van der Waals surface area contributed by atoms with E-state index in [1.807, 2.05) is 11.9 Å². The van der Waals surface area contributed by atoms with E-state index >= 15 is 0 Å². The lowest BCUT2D eigenvalue weighted by molar-refractivity contribution is -0.136. The topological polar surface area (TPSA) is 49.6 Å². The molecule has 28 heavy (non-hydrogen) atoms. The van der Waals surface area contributed by atoms with Crippen LogP contribution in [-0.4, -0.2) is 42.5 Å². The molecule has 1 atom stereocenters. The van der Waals surface area contributed by atoms with Crippen LogP contribution in [0.15, 0.2) is 22.6 Å². The number of oxazole rings is 1. The standard InChI is InChI=1S/C22H28FN3O2/c1-25(21-24-18-12-17(23)2-3-19(18)28-21)13-15-6-11-26(14-15)20(27)16-4-7-22(8-5-16)9-10-22/h2-3,12,15-16H,4-11,13-14H2,1H3. The third-order valence-corrected chi connectivity index (χ3v) is 7.15. The number of amides is 1. The molecule has 1 aromatic carbocycles. The predicted molar refractivity (Wildman–Crippen MR) is 106 cm³/mol. The fourth-order valence-electron chi connectivity index (χ4n) is 5.11. The average Bonchev–Trinajstić information content (AvgIpc) is 3.10. The van der Waals surface area contributed by atoms with E-state index in [-0.39, 0.29) is 11.7 Å². The molecule has 2 saturated carbocycles. The SMILES string of the molecule is CN(CC1CCN(C(=O)C2CCC3(CC2)CC3)C1)c1nc2cc(F)ccc2o1. The maximum Gasteiger partial charge on any atom is 0.298 e. The molecule has 3 fully saturated rings. The number of hydrogen-bond acceptors (Lipinski definition) is 4. The molecule has 2 heterocycles. The maximum absolute atomic E-state index is 13.4. The highest BCUT2D eigenvalue weighted by Gasteiger charge is 2.46. The summed E-state index contributed by atoms with van der Waals surface area (Å²) in [4.78, 5) is 21.4. The number of rotatable bonds is 4. The molecular weight excluding hydrogens is 357 g/mol. The molecule has 1 spiro atoms. The summed E-state index contributed by atoms with van der Waals surface area (Å²) >= 11 is 0. The fourth-order valence-corrected chi connectivity index (χ4v) is 5.11. The van der Waals surface area contributed by atoms with Gasteiger partial charge in [-0.25, -0.2) is 4.39 Å². The van der Waals surface area contributed by atoms with Gasteiger partial charge in [0.15, 0.2) is 5.58 Å². The van der Waals surface area contributed by atoms with E-state index in [1.54, 1.807) is 6.07 Å². The van der Waals surface area contributed by atoms with Crippen LogP contribution >= 0.6 is 0 Å². The number of benzene rings is 1. The van der Waals surface area contributed by atoms with E-state index < -0.39 is 0 Å². The number of anilines is 1. The molecule has 150 valence electrons.